The van der Waals surface area contributed by atoms with Gasteiger partial charge in [0.1, 0.15) is 11.6 Å². The molecular weight excluding hydrogens is 380 g/mol. The second kappa shape index (κ2) is 7.05. The van der Waals surface area contributed by atoms with Gasteiger partial charge in [0.25, 0.3) is 0 Å². The highest BCUT2D eigenvalue weighted by Crippen LogP contribution is 2.29. The van der Waals surface area contributed by atoms with E-state index < -0.39 is 0 Å². The van der Waals surface area contributed by atoms with E-state index in [0.717, 1.165) is 30.9 Å². The first-order valence-corrected chi connectivity index (χ1v) is 8.75. The van der Waals surface area contributed by atoms with Gasteiger partial charge in [-0.1, -0.05) is 34.4 Å². The SMILES string of the molecule is Fc1cnc(N2CCC2)c(CNc2nnnn2-c2cccc(Cl)c2Cl)c1. The summed E-state index contributed by atoms with van der Waals surface area (Å²) in [5.74, 6) is 0.751. The minimum atomic E-state index is -0.386. The van der Waals surface area contributed by atoms with Gasteiger partial charge in [0.05, 0.1) is 21.9 Å². The first kappa shape index (κ1) is 17.0. The standard InChI is InChI=1S/C16H14Cl2FN7/c17-12-3-1-4-13(14(12)18)26-16(22-23-24-26)21-8-10-7-11(19)9-20-15(10)25-5-2-6-25/h1,3-4,7,9H,2,5-6,8H2,(H,21,22,24). The fourth-order valence-electron chi connectivity index (χ4n) is 2.71. The van der Waals surface area contributed by atoms with Crippen LogP contribution in [0.25, 0.3) is 5.69 Å². The minimum absolute atomic E-state index is 0.315. The van der Waals surface area contributed by atoms with Crippen molar-refractivity contribution >= 4 is 35.0 Å². The molecule has 0 atom stereocenters. The summed E-state index contributed by atoms with van der Waals surface area (Å²) in [5, 5.41) is 15.5. The second-order valence-corrected chi connectivity index (χ2v) is 6.60. The normalized spacial score (nSPS) is 13.6. The van der Waals surface area contributed by atoms with Crippen molar-refractivity contribution in [2.75, 3.05) is 23.3 Å². The highest BCUT2D eigenvalue weighted by atomic mass is 35.5. The topological polar surface area (TPSA) is 71.8 Å². The van der Waals surface area contributed by atoms with Crippen molar-refractivity contribution in [1.29, 1.82) is 0 Å². The first-order chi connectivity index (χ1) is 12.6. The Bertz CT molecular complexity index is 942. The lowest BCUT2D eigenvalue weighted by Gasteiger charge is -2.33. The van der Waals surface area contributed by atoms with Crippen molar-refractivity contribution in [3.8, 4) is 5.69 Å². The molecule has 1 N–H and O–H groups in total. The largest absolute Gasteiger partial charge is 0.356 e. The molecule has 7 nitrogen and oxygen atoms in total. The Balaban J connectivity index is 1.60. The molecular formula is C16H14Cl2FN7. The summed E-state index contributed by atoms with van der Waals surface area (Å²) >= 11 is 12.3. The smallest absolute Gasteiger partial charge is 0.248 e. The zero-order valence-electron chi connectivity index (χ0n) is 13.5. The first-order valence-electron chi connectivity index (χ1n) is 7.99. The summed E-state index contributed by atoms with van der Waals surface area (Å²) < 4.78 is 15.1. The van der Waals surface area contributed by atoms with E-state index in [9.17, 15) is 4.39 Å². The highest BCUT2D eigenvalue weighted by Gasteiger charge is 2.20. The number of pyridine rings is 1. The maximum atomic E-state index is 13.7. The predicted molar refractivity (Wildman–Crippen MR) is 97.5 cm³/mol. The van der Waals surface area contributed by atoms with Gasteiger partial charge < -0.3 is 10.2 Å². The molecule has 0 unspecified atom stereocenters. The van der Waals surface area contributed by atoms with Crippen LogP contribution in [0.2, 0.25) is 10.0 Å². The number of hydrogen-bond donors (Lipinski definition) is 1. The minimum Gasteiger partial charge on any atom is -0.356 e. The van der Waals surface area contributed by atoms with Crippen LogP contribution in [0.5, 0.6) is 0 Å². The molecule has 1 aliphatic rings. The average Bonchev–Trinajstić information content (AvgIpc) is 3.04. The molecule has 3 aromatic rings. The lowest BCUT2D eigenvalue weighted by molar-refractivity contribution is 0.592. The molecule has 0 saturated carbocycles. The number of anilines is 2. The van der Waals surface area contributed by atoms with Crippen molar-refractivity contribution < 1.29 is 4.39 Å². The summed E-state index contributed by atoms with van der Waals surface area (Å²) in [4.78, 5) is 6.32. The van der Waals surface area contributed by atoms with E-state index in [1.807, 2.05) is 0 Å². The van der Waals surface area contributed by atoms with Crippen LogP contribution in [0.3, 0.4) is 0 Å². The number of rotatable bonds is 5. The fourth-order valence-corrected chi connectivity index (χ4v) is 3.08. The lowest BCUT2D eigenvalue weighted by Crippen LogP contribution is -2.38. The summed E-state index contributed by atoms with van der Waals surface area (Å²) in [6, 6.07) is 6.66. The Hall–Kier alpha value is -2.45. The molecule has 10 heteroatoms. The van der Waals surface area contributed by atoms with Gasteiger partial charge >= 0.3 is 0 Å². The van der Waals surface area contributed by atoms with E-state index >= 15 is 0 Å². The van der Waals surface area contributed by atoms with E-state index in [1.165, 1.54) is 16.9 Å². The zero-order valence-corrected chi connectivity index (χ0v) is 15.0. The van der Waals surface area contributed by atoms with Gasteiger partial charge in [0.2, 0.25) is 5.95 Å². The molecule has 1 fully saturated rings. The maximum Gasteiger partial charge on any atom is 0.248 e. The average molecular weight is 394 g/mol. The third kappa shape index (κ3) is 3.17. The maximum absolute atomic E-state index is 13.7. The van der Waals surface area contributed by atoms with Gasteiger partial charge in [-0.3, -0.25) is 0 Å². The number of nitrogens with one attached hydrogen (secondary N) is 1. The quantitative estimate of drug-likeness (QED) is 0.716. The molecule has 0 bridgehead atoms. The molecule has 3 heterocycles. The number of halogens is 3. The molecule has 2 aromatic heterocycles. The van der Waals surface area contributed by atoms with E-state index in [-0.39, 0.29) is 5.82 Å². The van der Waals surface area contributed by atoms with Crippen LogP contribution in [0.15, 0.2) is 30.5 Å². The van der Waals surface area contributed by atoms with Gasteiger partial charge in [0, 0.05) is 25.2 Å². The van der Waals surface area contributed by atoms with Crippen LogP contribution >= 0.6 is 23.2 Å². The van der Waals surface area contributed by atoms with Gasteiger partial charge in [-0.15, -0.1) is 0 Å². The molecule has 0 spiro atoms. The lowest BCUT2D eigenvalue weighted by atomic mass is 10.1. The molecule has 134 valence electrons. The Morgan fingerprint density at radius 2 is 2.08 bits per heavy atom. The van der Waals surface area contributed by atoms with Crippen LogP contribution in [0.4, 0.5) is 16.2 Å². The third-order valence-electron chi connectivity index (χ3n) is 4.13. The Labute approximate surface area is 158 Å². The van der Waals surface area contributed by atoms with Crippen molar-refractivity contribution in [2.45, 2.75) is 13.0 Å². The van der Waals surface area contributed by atoms with Gasteiger partial charge in [-0.05, 0) is 35.0 Å². The van der Waals surface area contributed by atoms with Crippen molar-refractivity contribution in [1.82, 2.24) is 25.2 Å². The summed E-state index contributed by atoms with van der Waals surface area (Å²) in [5.41, 5.74) is 1.28. The van der Waals surface area contributed by atoms with Crippen LogP contribution in [0.1, 0.15) is 12.0 Å². The number of benzene rings is 1. The molecule has 1 saturated heterocycles. The van der Waals surface area contributed by atoms with Crippen LogP contribution in [-0.4, -0.2) is 38.3 Å². The number of hydrogen-bond acceptors (Lipinski definition) is 6. The summed E-state index contributed by atoms with van der Waals surface area (Å²) in [6.07, 6.45) is 2.34. The second-order valence-electron chi connectivity index (χ2n) is 5.82. The van der Waals surface area contributed by atoms with Gasteiger partial charge in [0.15, 0.2) is 0 Å². The Morgan fingerprint density at radius 1 is 1.23 bits per heavy atom. The van der Waals surface area contributed by atoms with Crippen molar-refractivity contribution in [2.24, 2.45) is 0 Å². The molecule has 0 aliphatic carbocycles. The van der Waals surface area contributed by atoms with E-state index in [1.54, 1.807) is 18.2 Å². The van der Waals surface area contributed by atoms with E-state index in [0.29, 0.717) is 28.2 Å². The number of aromatic nitrogens is 5. The van der Waals surface area contributed by atoms with E-state index in [4.69, 9.17) is 23.2 Å². The third-order valence-corrected chi connectivity index (χ3v) is 4.94. The fraction of sp³-hybridized carbons (Fsp3) is 0.250. The molecule has 0 radical (unpaired) electrons. The summed E-state index contributed by atoms with van der Waals surface area (Å²) in [7, 11) is 0. The monoisotopic (exact) mass is 393 g/mol. The van der Waals surface area contributed by atoms with Crippen molar-refractivity contribution in [3.63, 3.8) is 0 Å². The van der Waals surface area contributed by atoms with E-state index in [2.05, 4.69) is 30.7 Å². The van der Waals surface area contributed by atoms with Crippen LogP contribution in [-0.2, 0) is 6.54 Å². The van der Waals surface area contributed by atoms with Gasteiger partial charge in [-0.25, -0.2) is 9.37 Å². The number of nitrogens with zero attached hydrogens (tertiary/aromatic N) is 6. The number of tetrazole rings is 1. The molecule has 0 amide bonds. The Morgan fingerprint density at radius 3 is 2.85 bits per heavy atom. The van der Waals surface area contributed by atoms with Crippen molar-refractivity contribution in [3.05, 3.63) is 51.9 Å². The Kier molecular flexibility index (Phi) is 4.60. The highest BCUT2D eigenvalue weighted by molar-refractivity contribution is 6.43. The zero-order chi connectivity index (χ0) is 18.1. The molecule has 26 heavy (non-hydrogen) atoms. The van der Waals surface area contributed by atoms with Gasteiger partial charge in [-0.2, -0.15) is 4.68 Å². The van der Waals surface area contributed by atoms with Crippen LogP contribution < -0.4 is 10.2 Å². The summed E-state index contributed by atoms with van der Waals surface area (Å²) in [6.45, 7) is 2.15. The van der Waals surface area contributed by atoms with Crippen LogP contribution in [0, 0.1) is 5.82 Å². The molecule has 1 aromatic carbocycles. The molecule has 1 aliphatic heterocycles. The predicted octanol–water partition coefficient (Wildman–Crippen LogP) is 3.33. The molecule has 4 rings (SSSR count).